The molecule has 202 valence electrons. The Labute approximate surface area is 222 Å². The number of hydrazine groups is 1. The molecule has 0 radical (unpaired) electrons. The van der Waals surface area contributed by atoms with Gasteiger partial charge in [-0.1, -0.05) is 39.3 Å². The second-order valence-corrected chi connectivity index (χ2v) is 11.4. The maximum Gasteiger partial charge on any atom is 0.344 e. The average Bonchev–Trinajstić information content (AvgIpc) is 2.84. The van der Waals surface area contributed by atoms with Gasteiger partial charge in [0.15, 0.2) is 6.10 Å². The molecule has 3 fully saturated rings. The number of rotatable bonds is 10. The highest BCUT2D eigenvalue weighted by molar-refractivity contribution is 6.32. The van der Waals surface area contributed by atoms with E-state index in [1.807, 2.05) is 0 Å². The molecule has 1 aromatic heterocycles. The van der Waals surface area contributed by atoms with E-state index in [2.05, 4.69) is 41.8 Å². The van der Waals surface area contributed by atoms with Gasteiger partial charge < -0.3 is 20.5 Å². The van der Waals surface area contributed by atoms with Gasteiger partial charge in [-0.3, -0.25) is 20.0 Å². The van der Waals surface area contributed by atoms with Crippen molar-refractivity contribution >= 4 is 29.4 Å². The van der Waals surface area contributed by atoms with Crippen molar-refractivity contribution in [2.24, 2.45) is 23.2 Å². The molecule has 3 saturated carbocycles. The zero-order chi connectivity index (χ0) is 26.9. The van der Waals surface area contributed by atoms with E-state index in [0.717, 1.165) is 6.42 Å². The Morgan fingerprint density at radius 1 is 1.38 bits per heavy atom. The zero-order valence-corrected chi connectivity index (χ0v) is 22.5. The molecular formula is C26H36ClN5O5. The van der Waals surface area contributed by atoms with Crippen LogP contribution in [0.15, 0.2) is 29.2 Å². The van der Waals surface area contributed by atoms with Gasteiger partial charge in [-0.05, 0) is 48.5 Å². The minimum Gasteiger partial charge on any atom is -0.479 e. The third kappa shape index (κ3) is 5.70. The number of aromatic nitrogens is 1. The Bertz CT molecular complexity index is 1090. The molecule has 0 aromatic carbocycles. The van der Waals surface area contributed by atoms with Gasteiger partial charge in [-0.25, -0.2) is 9.80 Å². The molecule has 4 aliphatic rings. The molecule has 5 atom stereocenters. The SMILES string of the molecule is CCC(Oc1cnccc1CNC(=O)CN1CC(Cl)=C(N[C@@H]2C[C@@H]3C[C@H]([C@H]2C)C3(C)C)C(=O)N1)C(=O)O. The summed E-state index contributed by atoms with van der Waals surface area (Å²) in [5.74, 6) is 0.275. The molecule has 1 aliphatic heterocycles. The predicted molar refractivity (Wildman–Crippen MR) is 137 cm³/mol. The van der Waals surface area contributed by atoms with Gasteiger partial charge in [-0.15, -0.1) is 0 Å². The number of aliphatic carboxylic acids is 1. The van der Waals surface area contributed by atoms with Gasteiger partial charge in [-0.2, -0.15) is 0 Å². The lowest BCUT2D eigenvalue weighted by molar-refractivity contribution is -0.145. The fourth-order valence-corrected chi connectivity index (χ4v) is 6.20. The average molecular weight is 534 g/mol. The fraction of sp³-hybridized carbons (Fsp3) is 0.615. The van der Waals surface area contributed by atoms with Crippen LogP contribution in [0.2, 0.25) is 0 Å². The molecule has 3 aliphatic carbocycles. The predicted octanol–water partition coefficient (Wildman–Crippen LogP) is 2.40. The van der Waals surface area contributed by atoms with E-state index >= 15 is 0 Å². The lowest BCUT2D eigenvalue weighted by atomic mass is 9.45. The van der Waals surface area contributed by atoms with Crippen molar-refractivity contribution < 1.29 is 24.2 Å². The summed E-state index contributed by atoms with van der Waals surface area (Å²) in [6.07, 6.45) is 4.51. The smallest absolute Gasteiger partial charge is 0.344 e. The van der Waals surface area contributed by atoms with Crippen LogP contribution >= 0.6 is 11.6 Å². The first-order valence-electron chi connectivity index (χ1n) is 12.8. The Morgan fingerprint density at radius 3 is 2.76 bits per heavy atom. The summed E-state index contributed by atoms with van der Waals surface area (Å²) < 4.78 is 5.56. The Balaban J connectivity index is 1.30. The number of carbonyl (C=O) groups is 3. The molecule has 1 unspecified atom stereocenters. The van der Waals surface area contributed by atoms with Crippen molar-refractivity contribution in [1.29, 1.82) is 0 Å². The molecule has 10 nitrogen and oxygen atoms in total. The van der Waals surface area contributed by atoms with Crippen LogP contribution in [-0.2, 0) is 20.9 Å². The van der Waals surface area contributed by atoms with Crippen molar-refractivity contribution in [2.75, 3.05) is 13.1 Å². The Hall–Kier alpha value is -2.85. The van der Waals surface area contributed by atoms with Crippen LogP contribution in [0.1, 0.15) is 52.5 Å². The monoisotopic (exact) mass is 533 g/mol. The second kappa shape index (κ2) is 10.9. The summed E-state index contributed by atoms with van der Waals surface area (Å²) >= 11 is 6.52. The van der Waals surface area contributed by atoms with Crippen molar-refractivity contribution in [3.63, 3.8) is 0 Å². The number of pyridine rings is 1. The largest absolute Gasteiger partial charge is 0.479 e. The van der Waals surface area contributed by atoms with Crippen LogP contribution in [0.25, 0.3) is 0 Å². The van der Waals surface area contributed by atoms with E-state index in [1.165, 1.54) is 23.8 Å². The number of carboxylic acid groups (broad SMARTS) is 1. The number of carbonyl (C=O) groups excluding carboxylic acids is 2. The molecular weight excluding hydrogens is 498 g/mol. The normalized spacial score (nSPS) is 27.5. The molecule has 0 saturated heterocycles. The van der Waals surface area contributed by atoms with Crippen LogP contribution in [0.5, 0.6) is 5.75 Å². The third-order valence-corrected chi connectivity index (χ3v) is 8.68. The fourth-order valence-electron chi connectivity index (χ4n) is 5.92. The maximum absolute atomic E-state index is 12.8. The highest BCUT2D eigenvalue weighted by atomic mass is 35.5. The van der Waals surface area contributed by atoms with Crippen molar-refractivity contribution in [2.45, 2.75) is 65.6 Å². The summed E-state index contributed by atoms with van der Waals surface area (Å²) in [4.78, 5) is 40.7. The lowest BCUT2D eigenvalue weighted by Crippen LogP contribution is -2.61. The Kier molecular flexibility index (Phi) is 7.99. The molecule has 2 bridgehead atoms. The first-order valence-corrected chi connectivity index (χ1v) is 13.2. The standard InChI is InChI=1S/C26H36ClN5O5/c1-5-20(25(35)36)37-21-11-28-7-6-15(21)10-29-22(33)13-32-12-18(27)23(24(34)31-32)30-19-9-16-8-17(14(19)2)26(16,3)4/h6-7,11,14,16-17,19-20,30H,5,8-10,12-13H2,1-4H3,(H,29,33)(H,31,34)(H,35,36)/t14-,16+,17-,19-,20?/m1/s1. The second-order valence-electron chi connectivity index (χ2n) is 10.9. The summed E-state index contributed by atoms with van der Waals surface area (Å²) in [5.41, 5.74) is 4.09. The number of hydrogen-bond acceptors (Lipinski definition) is 7. The van der Waals surface area contributed by atoms with Crippen molar-refractivity contribution in [3.8, 4) is 5.75 Å². The number of carboxylic acids is 1. The van der Waals surface area contributed by atoms with Crippen LogP contribution in [0.4, 0.5) is 0 Å². The number of fused-ring (bicyclic) bond motifs is 2. The summed E-state index contributed by atoms with van der Waals surface area (Å²) in [6.45, 7) is 8.86. The number of ether oxygens (including phenoxy) is 1. The van der Waals surface area contributed by atoms with Crippen LogP contribution < -0.4 is 20.8 Å². The first-order chi connectivity index (χ1) is 17.5. The number of amides is 2. The topological polar surface area (TPSA) is 133 Å². The van der Waals surface area contributed by atoms with E-state index in [9.17, 15) is 19.5 Å². The summed E-state index contributed by atoms with van der Waals surface area (Å²) in [6, 6.07) is 1.85. The quantitative estimate of drug-likeness (QED) is 0.360. The van der Waals surface area contributed by atoms with Gasteiger partial charge in [0.2, 0.25) is 5.91 Å². The van der Waals surface area contributed by atoms with Gasteiger partial charge in [0.05, 0.1) is 24.3 Å². The molecule has 5 rings (SSSR count). The van der Waals surface area contributed by atoms with Crippen LogP contribution in [0, 0.1) is 23.2 Å². The molecule has 1 aromatic rings. The van der Waals surface area contributed by atoms with Gasteiger partial charge in [0.25, 0.3) is 5.91 Å². The van der Waals surface area contributed by atoms with Crippen LogP contribution in [-0.4, -0.2) is 58.1 Å². The molecule has 4 N–H and O–H groups in total. The number of hydrogen-bond donors (Lipinski definition) is 4. The Morgan fingerprint density at radius 2 is 2.14 bits per heavy atom. The summed E-state index contributed by atoms with van der Waals surface area (Å²) in [7, 11) is 0. The molecule has 37 heavy (non-hydrogen) atoms. The number of nitrogens with zero attached hydrogens (tertiary/aromatic N) is 2. The van der Waals surface area contributed by atoms with Crippen molar-refractivity contribution in [1.82, 2.24) is 26.1 Å². The molecule has 2 amide bonds. The number of nitrogens with one attached hydrogen (secondary N) is 3. The highest BCUT2D eigenvalue weighted by Crippen LogP contribution is 2.61. The van der Waals surface area contributed by atoms with Crippen LogP contribution in [0.3, 0.4) is 0 Å². The minimum absolute atomic E-state index is 0.0958. The summed E-state index contributed by atoms with van der Waals surface area (Å²) in [5, 5.41) is 17.3. The minimum atomic E-state index is -1.07. The molecule has 11 heteroatoms. The van der Waals surface area contributed by atoms with Gasteiger partial charge in [0.1, 0.15) is 11.4 Å². The molecule has 2 heterocycles. The number of halogens is 1. The van der Waals surface area contributed by atoms with Gasteiger partial charge in [0, 0.05) is 24.3 Å². The first kappa shape index (κ1) is 27.2. The van der Waals surface area contributed by atoms with E-state index in [1.54, 1.807) is 13.0 Å². The zero-order valence-electron chi connectivity index (χ0n) is 21.7. The highest BCUT2D eigenvalue weighted by Gasteiger charge is 2.56. The molecule has 0 spiro atoms. The lowest BCUT2D eigenvalue weighted by Gasteiger charge is -2.62. The third-order valence-electron chi connectivity index (χ3n) is 8.37. The van der Waals surface area contributed by atoms with E-state index in [-0.39, 0.29) is 43.9 Å². The van der Waals surface area contributed by atoms with E-state index in [0.29, 0.717) is 45.2 Å². The van der Waals surface area contributed by atoms with Gasteiger partial charge >= 0.3 is 5.97 Å². The van der Waals surface area contributed by atoms with E-state index in [4.69, 9.17) is 16.3 Å². The van der Waals surface area contributed by atoms with E-state index < -0.39 is 12.1 Å². The van der Waals surface area contributed by atoms with Crippen molar-refractivity contribution in [3.05, 3.63) is 34.8 Å². The maximum atomic E-state index is 12.8.